The molecule has 2 aromatic rings. The molecule has 1 fully saturated rings. The summed E-state index contributed by atoms with van der Waals surface area (Å²) in [6.45, 7) is 7.34. The van der Waals surface area contributed by atoms with Gasteiger partial charge in [0.05, 0.1) is 17.1 Å². The van der Waals surface area contributed by atoms with Crippen molar-refractivity contribution < 1.29 is 4.74 Å². The summed E-state index contributed by atoms with van der Waals surface area (Å²) in [7, 11) is 2.10. The molecule has 1 unspecified atom stereocenters. The van der Waals surface area contributed by atoms with Gasteiger partial charge in [-0.1, -0.05) is 19.1 Å². The van der Waals surface area contributed by atoms with Crippen LogP contribution in [0.2, 0.25) is 0 Å². The van der Waals surface area contributed by atoms with Crippen LogP contribution < -0.4 is 5.32 Å². The third kappa shape index (κ3) is 2.97. The van der Waals surface area contributed by atoms with Gasteiger partial charge in [-0.2, -0.15) is 0 Å². The van der Waals surface area contributed by atoms with E-state index in [2.05, 4.69) is 49.0 Å². The SMILES string of the molecule is CC(NCC1(C)CCOCC1)c1nc2ccccc2n1C. The van der Waals surface area contributed by atoms with Crippen molar-refractivity contribution in [1.82, 2.24) is 14.9 Å². The molecule has 4 heteroatoms. The zero-order valence-corrected chi connectivity index (χ0v) is 13.2. The van der Waals surface area contributed by atoms with Crippen LogP contribution >= 0.6 is 0 Å². The molecule has 0 amide bonds. The minimum Gasteiger partial charge on any atom is -0.381 e. The highest BCUT2D eigenvalue weighted by Gasteiger charge is 2.28. The Morgan fingerprint density at radius 3 is 2.76 bits per heavy atom. The van der Waals surface area contributed by atoms with Crippen molar-refractivity contribution in [2.45, 2.75) is 32.7 Å². The lowest BCUT2D eigenvalue weighted by atomic mass is 9.82. The van der Waals surface area contributed by atoms with Crippen LogP contribution in [0.25, 0.3) is 11.0 Å². The van der Waals surface area contributed by atoms with Crippen LogP contribution in [0.15, 0.2) is 24.3 Å². The molecule has 0 radical (unpaired) electrons. The van der Waals surface area contributed by atoms with Crippen molar-refractivity contribution in [3.63, 3.8) is 0 Å². The van der Waals surface area contributed by atoms with Gasteiger partial charge in [-0.3, -0.25) is 0 Å². The molecule has 0 saturated carbocycles. The first-order valence-corrected chi connectivity index (χ1v) is 7.82. The molecule has 3 rings (SSSR count). The lowest BCUT2D eigenvalue weighted by Crippen LogP contribution is -2.38. The van der Waals surface area contributed by atoms with Gasteiger partial charge in [-0.05, 0) is 37.3 Å². The fourth-order valence-electron chi connectivity index (χ4n) is 3.08. The maximum atomic E-state index is 5.47. The molecule has 1 saturated heterocycles. The van der Waals surface area contributed by atoms with E-state index in [-0.39, 0.29) is 6.04 Å². The van der Waals surface area contributed by atoms with Crippen molar-refractivity contribution in [3.8, 4) is 0 Å². The zero-order valence-electron chi connectivity index (χ0n) is 13.2. The average Bonchev–Trinajstić information content (AvgIpc) is 2.84. The lowest BCUT2D eigenvalue weighted by Gasteiger charge is -2.34. The highest BCUT2D eigenvalue weighted by atomic mass is 16.5. The lowest BCUT2D eigenvalue weighted by molar-refractivity contribution is 0.0229. The van der Waals surface area contributed by atoms with Gasteiger partial charge in [0.2, 0.25) is 0 Å². The van der Waals surface area contributed by atoms with Crippen molar-refractivity contribution in [2.75, 3.05) is 19.8 Å². The Morgan fingerprint density at radius 1 is 1.33 bits per heavy atom. The van der Waals surface area contributed by atoms with E-state index < -0.39 is 0 Å². The van der Waals surface area contributed by atoms with E-state index in [9.17, 15) is 0 Å². The summed E-state index contributed by atoms with van der Waals surface area (Å²) < 4.78 is 7.66. The molecule has 0 bridgehead atoms. The standard InChI is InChI=1S/C17H25N3O/c1-13(18-12-17(2)8-10-21-11-9-17)16-19-14-6-4-5-7-15(14)20(16)3/h4-7,13,18H,8-12H2,1-3H3. The normalized spacial score (nSPS) is 19.8. The van der Waals surface area contributed by atoms with E-state index in [1.807, 2.05) is 6.07 Å². The van der Waals surface area contributed by atoms with Crippen molar-refractivity contribution >= 4 is 11.0 Å². The van der Waals surface area contributed by atoms with Crippen molar-refractivity contribution in [1.29, 1.82) is 0 Å². The molecule has 4 nitrogen and oxygen atoms in total. The molecule has 1 N–H and O–H groups in total. The van der Waals surface area contributed by atoms with Gasteiger partial charge in [-0.15, -0.1) is 0 Å². The number of ether oxygens (including phenoxy) is 1. The minimum absolute atomic E-state index is 0.252. The van der Waals surface area contributed by atoms with Crippen LogP contribution in [0.1, 0.15) is 38.6 Å². The Balaban J connectivity index is 1.72. The number of aryl methyl sites for hydroxylation is 1. The maximum absolute atomic E-state index is 5.47. The van der Waals surface area contributed by atoms with Crippen LogP contribution in [0.5, 0.6) is 0 Å². The first-order valence-electron chi connectivity index (χ1n) is 7.82. The molecular formula is C17H25N3O. The number of para-hydroxylation sites is 2. The molecule has 114 valence electrons. The van der Waals surface area contributed by atoms with Gasteiger partial charge in [0.25, 0.3) is 0 Å². The third-order valence-electron chi connectivity index (χ3n) is 4.74. The summed E-state index contributed by atoms with van der Waals surface area (Å²) in [4.78, 5) is 4.77. The van der Waals surface area contributed by atoms with Crippen molar-refractivity contribution in [2.24, 2.45) is 12.5 Å². The predicted octanol–water partition coefficient (Wildman–Crippen LogP) is 3.04. The van der Waals surface area contributed by atoms with E-state index in [1.165, 1.54) is 5.52 Å². The van der Waals surface area contributed by atoms with E-state index in [0.29, 0.717) is 5.41 Å². The molecule has 1 aliphatic heterocycles. The van der Waals surface area contributed by atoms with E-state index in [0.717, 1.165) is 43.9 Å². The molecule has 1 aromatic heterocycles. The second-order valence-corrected chi connectivity index (χ2v) is 6.54. The number of imidazole rings is 1. The summed E-state index contributed by atoms with van der Waals surface area (Å²) in [5, 5.41) is 3.67. The summed E-state index contributed by atoms with van der Waals surface area (Å²) in [6, 6.07) is 8.56. The van der Waals surface area contributed by atoms with E-state index in [1.54, 1.807) is 0 Å². The average molecular weight is 287 g/mol. The number of aromatic nitrogens is 2. The second kappa shape index (κ2) is 5.78. The second-order valence-electron chi connectivity index (χ2n) is 6.54. The number of rotatable bonds is 4. The summed E-state index contributed by atoms with van der Waals surface area (Å²) in [5.74, 6) is 1.10. The van der Waals surface area contributed by atoms with Crippen LogP contribution in [-0.2, 0) is 11.8 Å². The van der Waals surface area contributed by atoms with E-state index in [4.69, 9.17) is 9.72 Å². The Kier molecular flexibility index (Phi) is 4.00. The molecule has 0 spiro atoms. The highest BCUT2D eigenvalue weighted by molar-refractivity contribution is 5.75. The molecule has 1 atom stereocenters. The fraction of sp³-hybridized carbons (Fsp3) is 0.588. The molecular weight excluding hydrogens is 262 g/mol. The maximum Gasteiger partial charge on any atom is 0.126 e. The number of hydrogen-bond acceptors (Lipinski definition) is 3. The molecule has 2 heterocycles. The Hall–Kier alpha value is -1.39. The van der Waals surface area contributed by atoms with Crippen LogP contribution in [0.3, 0.4) is 0 Å². The predicted molar refractivity (Wildman–Crippen MR) is 85.3 cm³/mol. The van der Waals surface area contributed by atoms with Gasteiger partial charge in [-0.25, -0.2) is 4.98 Å². The summed E-state index contributed by atoms with van der Waals surface area (Å²) >= 11 is 0. The number of fused-ring (bicyclic) bond motifs is 1. The van der Waals surface area contributed by atoms with Crippen molar-refractivity contribution in [3.05, 3.63) is 30.1 Å². The number of hydrogen-bond donors (Lipinski definition) is 1. The Bertz CT molecular complexity index is 614. The Morgan fingerprint density at radius 2 is 2.05 bits per heavy atom. The summed E-state index contributed by atoms with van der Waals surface area (Å²) in [6.07, 6.45) is 2.27. The fourth-order valence-corrected chi connectivity index (χ4v) is 3.08. The van der Waals surface area contributed by atoms with Crippen LogP contribution in [0.4, 0.5) is 0 Å². The van der Waals surface area contributed by atoms with E-state index >= 15 is 0 Å². The third-order valence-corrected chi connectivity index (χ3v) is 4.74. The number of nitrogens with zero attached hydrogens (tertiary/aromatic N) is 2. The number of benzene rings is 1. The first-order chi connectivity index (χ1) is 10.1. The number of nitrogens with one attached hydrogen (secondary N) is 1. The van der Waals surface area contributed by atoms with Gasteiger partial charge in [0, 0.05) is 26.8 Å². The quantitative estimate of drug-likeness (QED) is 0.939. The highest BCUT2D eigenvalue weighted by Crippen LogP contribution is 2.29. The first kappa shape index (κ1) is 14.5. The van der Waals surface area contributed by atoms with Gasteiger partial charge in [0.1, 0.15) is 5.82 Å². The van der Waals surface area contributed by atoms with Gasteiger partial charge < -0.3 is 14.6 Å². The molecule has 21 heavy (non-hydrogen) atoms. The Labute approximate surface area is 126 Å². The summed E-state index contributed by atoms with van der Waals surface area (Å²) in [5.41, 5.74) is 2.61. The molecule has 1 aliphatic rings. The largest absolute Gasteiger partial charge is 0.381 e. The molecule has 0 aliphatic carbocycles. The van der Waals surface area contributed by atoms with Gasteiger partial charge >= 0.3 is 0 Å². The zero-order chi connectivity index (χ0) is 14.9. The monoisotopic (exact) mass is 287 g/mol. The minimum atomic E-state index is 0.252. The molecule has 1 aromatic carbocycles. The van der Waals surface area contributed by atoms with Crippen LogP contribution in [0, 0.1) is 5.41 Å². The van der Waals surface area contributed by atoms with Crippen LogP contribution in [-0.4, -0.2) is 29.3 Å². The van der Waals surface area contributed by atoms with Gasteiger partial charge in [0.15, 0.2) is 0 Å². The topological polar surface area (TPSA) is 39.1 Å². The smallest absolute Gasteiger partial charge is 0.126 e.